The summed E-state index contributed by atoms with van der Waals surface area (Å²) in [5, 5.41) is 0.512. The van der Waals surface area contributed by atoms with Gasteiger partial charge in [-0.25, -0.2) is 13.2 Å². The van der Waals surface area contributed by atoms with Crippen molar-refractivity contribution in [2.45, 2.75) is 25.4 Å². The van der Waals surface area contributed by atoms with Crippen molar-refractivity contribution in [3.63, 3.8) is 0 Å². The Balaban J connectivity index is 1.78. The third-order valence-corrected chi connectivity index (χ3v) is 7.01. The largest absolute Gasteiger partial charge is 0.329 e. The molecule has 0 saturated carbocycles. The third-order valence-electron chi connectivity index (χ3n) is 5.08. The molecule has 2 aliphatic heterocycles. The molecule has 0 unspecified atom stereocenters. The lowest BCUT2D eigenvalue weighted by Crippen LogP contribution is -2.37. The summed E-state index contributed by atoms with van der Waals surface area (Å²) in [7, 11) is -3.20. The minimum atomic E-state index is -3.20. The highest BCUT2D eigenvalue weighted by molar-refractivity contribution is 7.91. The van der Waals surface area contributed by atoms with Gasteiger partial charge < -0.3 is 0 Å². The Morgan fingerprint density at radius 1 is 1.00 bits per heavy atom. The van der Waals surface area contributed by atoms with Crippen LogP contribution in [0, 0.1) is 0 Å². The fraction of sp³-hybridized carbons (Fsp3) is 0.316. The number of halogens is 1. The number of amides is 2. The molecule has 5 nitrogen and oxygen atoms in total. The van der Waals surface area contributed by atoms with E-state index >= 15 is 0 Å². The SMILES string of the molecule is CCc1ccc(N2C(=O)N(c3cccc(Cl)c3)[C@@H]3CS(=O)(=O)C[C@@H]32)cc1. The maximum Gasteiger partial charge on any atom is 0.329 e. The van der Waals surface area contributed by atoms with E-state index in [9.17, 15) is 13.2 Å². The monoisotopic (exact) mass is 390 g/mol. The van der Waals surface area contributed by atoms with Gasteiger partial charge in [0.1, 0.15) is 0 Å². The molecule has 2 aromatic carbocycles. The number of rotatable bonds is 3. The van der Waals surface area contributed by atoms with Gasteiger partial charge in [-0.1, -0.05) is 36.7 Å². The highest BCUT2D eigenvalue weighted by Gasteiger charge is 2.54. The van der Waals surface area contributed by atoms with E-state index in [4.69, 9.17) is 11.6 Å². The van der Waals surface area contributed by atoms with Gasteiger partial charge in [0.2, 0.25) is 0 Å². The van der Waals surface area contributed by atoms with Gasteiger partial charge >= 0.3 is 6.03 Å². The van der Waals surface area contributed by atoms with Gasteiger partial charge in [0.25, 0.3) is 0 Å². The first-order chi connectivity index (χ1) is 12.4. The molecule has 0 N–H and O–H groups in total. The van der Waals surface area contributed by atoms with Crippen molar-refractivity contribution < 1.29 is 13.2 Å². The van der Waals surface area contributed by atoms with Gasteiger partial charge in [-0.05, 0) is 42.3 Å². The molecule has 4 rings (SSSR count). The lowest BCUT2D eigenvalue weighted by atomic mass is 10.1. The summed E-state index contributed by atoms with van der Waals surface area (Å²) in [4.78, 5) is 16.4. The molecule has 2 amide bonds. The number of anilines is 2. The number of urea groups is 1. The van der Waals surface area contributed by atoms with Gasteiger partial charge in [0.05, 0.1) is 23.6 Å². The normalized spacial score (nSPS) is 24.2. The molecule has 2 aliphatic rings. The number of hydrogen-bond acceptors (Lipinski definition) is 3. The van der Waals surface area contributed by atoms with Gasteiger partial charge in [-0.3, -0.25) is 9.80 Å². The summed E-state index contributed by atoms with van der Waals surface area (Å²) in [6.45, 7) is 2.07. The molecule has 0 spiro atoms. The Labute approximate surface area is 158 Å². The van der Waals surface area contributed by atoms with Crippen LogP contribution in [0.5, 0.6) is 0 Å². The smallest absolute Gasteiger partial charge is 0.288 e. The summed E-state index contributed by atoms with van der Waals surface area (Å²) in [5.74, 6) is -0.0462. The number of benzene rings is 2. The van der Waals surface area contributed by atoms with Crippen LogP contribution in [-0.2, 0) is 16.3 Å². The molecular formula is C19H19ClN2O3S. The number of sulfone groups is 1. The van der Waals surface area contributed by atoms with E-state index in [2.05, 4.69) is 6.92 Å². The third kappa shape index (κ3) is 2.87. The minimum absolute atomic E-state index is 0.0179. The Morgan fingerprint density at radius 2 is 1.62 bits per heavy atom. The van der Waals surface area contributed by atoms with Crippen LogP contribution in [0.2, 0.25) is 5.02 Å². The van der Waals surface area contributed by atoms with Crippen LogP contribution < -0.4 is 9.80 Å². The second kappa shape index (κ2) is 6.28. The van der Waals surface area contributed by atoms with E-state index in [-0.39, 0.29) is 23.6 Å². The van der Waals surface area contributed by atoms with E-state index < -0.39 is 15.9 Å². The van der Waals surface area contributed by atoms with Crippen molar-refractivity contribution in [1.82, 2.24) is 0 Å². The van der Waals surface area contributed by atoms with Gasteiger partial charge in [0, 0.05) is 16.4 Å². The van der Waals surface area contributed by atoms with Crippen molar-refractivity contribution in [2.24, 2.45) is 0 Å². The summed E-state index contributed by atoms with van der Waals surface area (Å²) < 4.78 is 24.6. The van der Waals surface area contributed by atoms with Crippen molar-refractivity contribution >= 4 is 38.8 Å². The summed E-state index contributed by atoms with van der Waals surface area (Å²) in [5.41, 5.74) is 2.52. The fourth-order valence-corrected chi connectivity index (χ4v) is 5.93. The van der Waals surface area contributed by atoms with Crippen molar-refractivity contribution in [1.29, 1.82) is 0 Å². The lowest BCUT2D eigenvalue weighted by Gasteiger charge is -2.23. The van der Waals surface area contributed by atoms with E-state index in [1.165, 1.54) is 5.56 Å². The van der Waals surface area contributed by atoms with Gasteiger partial charge in [-0.2, -0.15) is 0 Å². The van der Waals surface area contributed by atoms with Crippen molar-refractivity contribution in [3.05, 3.63) is 59.1 Å². The van der Waals surface area contributed by atoms with Crippen LogP contribution in [0.3, 0.4) is 0 Å². The zero-order valence-electron chi connectivity index (χ0n) is 14.3. The molecule has 2 atom stereocenters. The first-order valence-electron chi connectivity index (χ1n) is 8.57. The Hall–Kier alpha value is -2.05. The predicted molar refractivity (Wildman–Crippen MR) is 104 cm³/mol. The Bertz CT molecular complexity index is 959. The highest BCUT2D eigenvalue weighted by Crippen LogP contribution is 2.38. The molecule has 2 fully saturated rings. The molecule has 0 radical (unpaired) electrons. The average Bonchev–Trinajstić information content (AvgIpc) is 3.03. The number of fused-ring (bicyclic) bond motifs is 1. The second-order valence-electron chi connectivity index (χ2n) is 6.73. The summed E-state index contributed by atoms with van der Waals surface area (Å²) >= 11 is 6.09. The average molecular weight is 391 g/mol. The van der Waals surface area contributed by atoms with E-state index in [0.29, 0.717) is 10.7 Å². The molecule has 136 valence electrons. The van der Waals surface area contributed by atoms with Crippen LogP contribution in [0.1, 0.15) is 12.5 Å². The quantitative estimate of drug-likeness (QED) is 0.753. The van der Waals surface area contributed by atoms with Crippen molar-refractivity contribution in [3.8, 4) is 0 Å². The van der Waals surface area contributed by atoms with Crippen LogP contribution in [0.4, 0.5) is 16.2 Å². The van der Waals surface area contributed by atoms with Crippen molar-refractivity contribution in [2.75, 3.05) is 21.3 Å². The molecule has 0 aliphatic carbocycles. The second-order valence-corrected chi connectivity index (χ2v) is 9.32. The van der Waals surface area contributed by atoms with E-state index in [1.807, 2.05) is 24.3 Å². The molecule has 26 heavy (non-hydrogen) atoms. The standard InChI is InChI=1S/C19H19ClN2O3S/c1-2-13-6-8-15(9-7-13)21-17-11-26(24,25)12-18(17)22(19(21)23)16-5-3-4-14(20)10-16/h3-10,17-18H,2,11-12H2,1H3/t17-,18+/m0/s1. The van der Waals surface area contributed by atoms with Crippen LogP contribution in [0.25, 0.3) is 0 Å². The molecule has 0 bridgehead atoms. The number of hydrogen-bond donors (Lipinski definition) is 0. The van der Waals surface area contributed by atoms with E-state index in [0.717, 1.165) is 12.1 Å². The first kappa shape index (κ1) is 17.4. The van der Waals surface area contributed by atoms with Crippen LogP contribution in [0.15, 0.2) is 48.5 Å². The summed E-state index contributed by atoms with van der Waals surface area (Å²) in [6.07, 6.45) is 0.906. The topological polar surface area (TPSA) is 57.7 Å². The van der Waals surface area contributed by atoms with Gasteiger partial charge in [0.15, 0.2) is 9.84 Å². The molecule has 2 aromatic rings. The van der Waals surface area contributed by atoms with Crippen LogP contribution >= 0.6 is 11.6 Å². The fourth-order valence-electron chi connectivity index (χ4n) is 3.83. The number of carbonyl (C=O) groups is 1. The maximum absolute atomic E-state index is 13.2. The zero-order chi connectivity index (χ0) is 18.5. The first-order valence-corrected chi connectivity index (χ1v) is 10.8. The predicted octanol–water partition coefficient (Wildman–Crippen LogP) is 3.51. The Morgan fingerprint density at radius 3 is 2.19 bits per heavy atom. The number of nitrogens with zero attached hydrogens (tertiary/aromatic N) is 2. The maximum atomic E-state index is 13.2. The molecule has 0 aromatic heterocycles. The molecule has 7 heteroatoms. The minimum Gasteiger partial charge on any atom is -0.288 e. The number of aryl methyl sites for hydroxylation is 1. The van der Waals surface area contributed by atoms with E-state index in [1.54, 1.807) is 34.1 Å². The zero-order valence-corrected chi connectivity index (χ0v) is 15.9. The highest BCUT2D eigenvalue weighted by atomic mass is 35.5. The molecule has 2 saturated heterocycles. The molecular weight excluding hydrogens is 372 g/mol. The molecule has 2 heterocycles. The summed E-state index contributed by atoms with van der Waals surface area (Å²) in [6, 6.07) is 13.7. The van der Waals surface area contributed by atoms with Gasteiger partial charge in [-0.15, -0.1) is 0 Å². The van der Waals surface area contributed by atoms with Crippen LogP contribution in [-0.4, -0.2) is 38.0 Å². The number of carbonyl (C=O) groups excluding carboxylic acids is 1. The lowest BCUT2D eigenvalue weighted by molar-refractivity contribution is 0.255. The Kier molecular flexibility index (Phi) is 4.20.